The third kappa shape index (κ3) is 4.81. The van der Waals surface area contributed by atoms with Crippen molar-refractivity contribution >= 4 is 17.7 Å². The molecule has 150 valence electrons. The second-order valence-corrected chi connectivity index (χ2v) is 8.14. The Morgan fingerprint density at radius 3 is 2.69 bits per heavy atom. The van der Waals surface area contributed by atoms with Crippen molar-refractivity contribution in [2.24, 2.45) is 0 Å². The van der Waals surface area contributed by atoms with Crippen molar-refractivity contribution in [3.8, 4) is 17.2 Å². The number of carboxylic acid groups (broad SMARTS) is 1. The molecule has 29 heavy (non-hydrogen) atoms. The van der Waals surface area contributed by atoms with Crippen LogP contribution in [0.25, 0.3) is 11.5 Å². The Labute approximate surface area is 173 Å². The number of benzene rings is 2. The van der Waals surface area contributed by atoms with Crippen molar-refractivity contribution in [3.05, 3.63) is 71.6 Å². The van der Waals surface area contributed by atoms with E-state index in [1.165, 1.54) is 0 Å². The number of ether oxygens (including phenoxy) is 1. The van der Waals surface area contributed by atoms with Gasteiger partial charge in [-0.2, -0.15) is 0 Å². The molecule has 2 aromatic carbocycles. The number of nitrogens with zero attached hydrogens (tertiary/aromatic N) is 1. The van der Waals surface area contributed by atoms with Crippen LogP contribution in [0.2, 0.25) is 0 Å². The van der Waals surface area contributed by atoms with E-state index >= 15 is 0 Å². The molecule has 2 N–H and O–H groups in total. The number of rotatable bonds is 7. The summed E-state index contributed by atoms with van der Waals surface area (Å²) in [6, 6.07) is 17.2. The van der Waals surface area contributed by atoms with Crippen LogP contribution in [0.3, 0.4) is 0 Å². The number of oxazole rings is 1. The van der Waals surface area contributed by atoms with E-state index in [4.69, 9.17) is 14.3 Å². The Morgan fingerprint density at radius 2 is 2.00 bits per heavy atom. The number of nitrogens with one attached hydrogen (secondary N) is 1. The molecule has 1 aliphatic rings. The van der Waals surface area contributed by atoms with Crippen molar-refractivity contribution in [2.45, 2.75) is 31.4 Å². The number of thioether (sulfide) groups is 1. The smallest absolute Gasteiger partial charge is 0.321 e. The molecule has 2 atom stereocenters. The summed E-state index contributed by atoms with van der Waals surface area (Å²) in [6.07, 6.45) is 0.775. The molecular weight excluding hydrogens is 388 g/mol. The zero-order valence-corrected chi connectivity index (χ0v) is 16.8. The molecule has 6 nitrogen and oxygen atoms in total. The van der Waals surface area contributed by atoms with Crippen LogP contribution in [-0.4, -0.2) is 33.2 Å². The average Bonchev–Trinajstić information content (AvgIpc) is 3.35. The van der Waals surface area contributed by atoms with E-state index in [0.717, 1.165) is 34.8 Å². The Hall–Kier alpha value is -2.77. The van der Waals surface area contributed by atoms with Gasteiger partial charge in [-0.3, -0.25) is 10.1 Å². The van der Waals surface area contributed by atoms with Gasteiger partial charge in [-0.15, -0.1) is 11.8 Å². The number of hydrogen-bond donors (Lipinski definition) is 2. The molecule has 1 saturated heterocycles. The Morgan fingerprint density at radius 1 is 1.24 bits per heavy atom. The highest BCUT2D eigenvalue weighted by Crippen LogP contribution is 2.25. The molecule has 1 fully saturated rings. The van der Waals surface area contributed by atoms with E-state index in [9.17, 15) is 4.79 Å². The fourth-order valence-electron chi connectivity index (χ4n) is 3.15. The summed E-state index contributed by atoms with van der Waals surface area (Å²) < 4.78 is 11.6. The van der Waals surface area contributed by atoms with Crippen LogP contribution < -0.4 is 10.1 Å². The molecule has 0 bridgehead atoms. The average molecular weight is 410 g/mol. The molecule has 1 aromatic heterocycles. The van der Waals surface area contributed by atoms with Crippen LogP contribution in [0.4, 0.5) is 0 Å². The molecule has 2 heterocycles. The molecule has 0 amide bonds. The first-order valence-corrected chi connectivity index (χ1v) is 10.5. The first kappa shape index (κ1) is 19.5. The molecule has 0 aliphatic carbocycles. The van der Waals surface area contributed by atoms with Gasteiger partial charge in [0, 0.05) is 11.3 Å². The lowest BCUT2D eigenvalue weighted by molar-refractivity contribution is -0.138. The van der Waals surface area contributed by atoms with Crippen LogP contribution in [0.1, 0.15) is 17.0 Å². The number of carbonyl (C=O) groups is 1. The molecule has 1 unspecified atom stereocenters. The second kappa shape index (κ2) is 8.71. The highest BCUT2D eigenvalue weighted by Gasteiger charge is 2.29. The lowest BCUT2D eigenvalue weighted by Crippen LogP contribution is -2.37. The normalized spacial score (nSPS) is 18.7. The first-order chi connectivity index (χ1) is 14.1. The maximum atomic E-state index is 11.0. The van der Waals surface area contributed by atoms with Gasteiger partial charge in [-0.25, -0.2) is 4.98 Å². The Bertz CT molecular complexity index is 972. The summed E-state index contributed by atoms with van der Waals surface area (Å²) in [5.41, 5.74) is 2.85. The second-order valence-electron chi connectivity index (χ2n) is 6.90. The van der Waals surface area contributed by atoms with E-state index in [1.54, 1.807) is 11.8 Å². The first-order valence-electron chi connectivity index (χ1n) is 9.42. The Balaban J connectivity index is 1.33. The highest BCUT2D eigenvalue weighted by atomic mass is 32.2. The zero-order chi connectivity index (χ0) is 20.2. The molecular formula is C22H22N2O4S. The van der Waals surface area contributed by atoms with Crippen molar-refractivity contribution in [2.75, 3.05) is 5.75 Å². The molecule has 0 radical (unpaired) electrons. The maximum absolute atomic E-state index is 11.0. The number of aryl methyl sites for hydroxylation is 1. The summed E-state index contributed by atoms with van der Waals surface area (Å²) in [4.78, 5) is 15.6. The number of aliphatic carboxylic acids is 1. The van der Waals surface area contributed by atoms with E-state index in [-0.39, 0.29) is 5.37 Å². The van der Waals surface area contributed by atoms with Gasteiger partial charge in [0.25, 0.3) is 0 Å². The van der Waals surface area contributed by atoms with Gasteiger partial charge < -0.3 is 14.3 Å². The number of hydrogen-bond acceptors (Lipinski definition) is 6. The SMILES string of the molecule is Cc1oc(-c2ccccc2)nc1COc1ccc(CC2N[C@H](C(=O)O)CS2)cc1. The van der Waals surface area contributed by atoms with Crippen LogP contribution >= 0.6 is 11.8 Å². The van der Waals surface area contributed by atoms with Crippen LogP contribution in [0.5, 0.6) is 5.75 Å². The standard InChI is InChI=1S/C22H22N2O4S/c1-14-18(24-21(28-14)16-5-3-2-4-6-16)12-27-17-9-7-15(8-10-17)11-20-23-19(13-29-20)22(25)26/h2-10,19-20,23H,11-13H2,1H3,(H,25,26)/t19-,20?/m0/s1. The molecule has 0 saturated carbocycles. The third-order valence-electron chi connectivity index (χ3n) is 4.78. The van der Waals surface area contributed by atoms with Gasteiger partial charge in [0.05, 0.1) is 5.37 Å². The van der Waals surface area contributed by atoms with E-state index in [2.05, 4.69) is 10.3 Å². The predicted octanol–water partition coefficient (Wildman–Crippen LogP) is 3.89. The number of carboxylic acids is 1. The van der Waals surface area contributed by atoms with Gasteiger partial charge in [0.2, 0.25) is 5.89 Å². The zero-order valence-electron chi connectivity index (χ0n) is 16.0. The van der Waals surface area contributed by atoms with Gasteiger partial charge in [0.15, 0.2) is 0 Å². The van der Waals surface area contributed by atoms with Crippen LogP contribution in [-0.2, 0) is 17.8 Å². The lowest BCUT2D eigenvalue weighted by Gasteiger charge is -2.11. The van der Waals surface area contributed by atoms with Gasteiger partial charge in [-0.05, 0) is 43.2 Å². The van der Waals surface area contributed by atoms with Crippen LogP contribution in [0.15, 0.2) is 59.0 Å². The lowest BCUT2D eigenvalue weighted by atomic mass is 10.1. The van der Waals surface area contributed by atoms with Gasteiger partial charge >= 0.3 is 5.97 Å². The minimum atomic E-state index is -0.790. The van der Waals surface area contributed by atoms with E-state index in [1.807, 2.05) is 61.5 Å². The largest absolute Gasteiger partial charge is 0.487 e. The monoisotopic (exact) mass is 410 g/mol. The van der Waals surface area contributed by atoms with E-state index < -0.39 is 12.0 Å². The summed E-state index contributed by atoms with van der Waals surface area (Å²) in [5, 5.41) is 12.3. The minimum absolute atomic E-state index is 0.122. The summed E-state index contributed by atoms with van der Waals surface area (Å²) in [6.45, 7) is 2.22. The van der Waals surface area contributed by atoms with Gasteiger partial charge in [0.1, 0.15) is 29.9 Å². The highest BCUT2D eigenvalue weighted by molar-refractivity contribution is 8.00. The summed E-state index contributed by atoms with van der Waals surface area (Å²) in [7, 11) is 0. The summed E-state index contributed by atoms with van der Waals surface area (Å²) >= 11 is 1.65. The van der Waals surface area contributed by atoms with Crippen molar-refractivity contribution in [1.29, 1.82) is 0 Å². The van der Waals surface area contributed by atoms with Crippen molar-refractivity contribution in [1.82, 2.24) is 10.3 Å². The molecule has 0 spiro atoms. The minimum Gasteiger partial charge on any atom is -0.487 e. The molecule has 1 aliphatic heterocycles. The quantitative estimate of drug-likeness (QED) is 0.611. The van der Waals surface area contributed by atoms with Gasteiger partial charge in [-0.1, -0.05) is 30.3 Å². The van der Waals surface area contributed by atoms with E-state index in [0.29, 0.717) is 18.3 Å². The fraction of sp³-hybridized carbons (Fsp3) is 0.273. The fourth-order valence-corrected chi connectivity index (χ4v) is 4.38. The molecule has 4 rings (SSSR count). The topological polar surface area (TPSA) is 84.6 Å². The van der Waals surface area contributed by atoms with Crippen molar-refractivity contribution < 1.29 is 19.1 Å². The Kier molecular flexibility index (Phi) is 5.87. The molecule has 3 aromatic rings. The number of aromatic nitrogens is 1. The molecule has 7 heteroatoms. The van der Waals surface area contributed by atoms with Crippen LogP contribution in [0, 0.1) is 6.92 Å². The predicted molar refractivity (Wildman–Crippen MR) is 112 cm³/mol. The summed E-state index contributed by atoms with van der Waals surface area (Å²) in [5.74, 6) is 1.91. The maximum Gasteiger partial charge on any atom is 0.321 e. The third-order valence-corrected chi connectivity index (χ3v) is 6.01. The van der Waals surface area contributed by atoms with Crippen molar-refractivity contribution in [3.63, 3.8) is 0 Å².